The number of hydrazone groups is 1. The van der Waals surface area contributed by atoms with Gasteiger partial charge in [0.1, 0.15) is 5.75 Å². The van der Waals surface area contributed by atoms with E-state index in [4.69, 9.17) is 0 Å². The maximum absolute atomic E-state index is 12.5. The lowest BCUT2D eigenvalue weighted by molar-refractivity contribution is -0.114. The lowest BCUT2D eigenvalue weighted by Crippen LogP contribution is -2.26. The molecule has 3 rings (SSSR count). The molecule has 0 spiro atoms. The lowest BCUT2D eigenvalue weighted by atomic mass is 10.1. The van der Waals surface area contributed by atoms with Gasteiger partial charge in [-0.15, -0.1) is 0 Å². The molecule has 0 atom stereocenters. The van der Waals surface area contributed by atoms with E-state index in [0.717, 1.165) is 10.6 Å². The lowest BCUT2D eigenvalue weighted by Gasteiger charge is -2.10. The highest BCUT2D eigenvalue weighted by Gasteiger charge is 2.30. The molecule has 2 N–H and O–H groups in total. The van der Waals surface area contributed by atoms with E-state index in [-0.39, 0.29) is 23.2 Å². The Morgan fingerprint density at radius 3 is 2.52 bits per heavy atom. The van der Waals surface area contributed by atoms with Gasteiger partial charge in [-0.1, -0.05) is 12.1 Å². The highest BCUT2D eigenvalue weighted by Crippen LogP contribution is 2.22. The summed E-state index contributed by atoms with van der Waals surface area (Å²) in [5, 5.41) is 14.5. The molecule has 0 saturated carbocycles. The number of H-pyrrole nitrogens is 1. The monoisotopic (exact) mass is 310 g/mol. The molecule has 23 heavy (non-hydrogen) atoms. The maximum atomic E-state index is 12.5. The Labute approximate surface area is 131 Å². The third kappa shape index (κ3) is 2.89. The number of aromatic hydroxyl groups is 1. The zero-order valence-electron chi connectivity index (χ0n) is 12.6. The Morgan fingerprint density at radius 1 is 1.17 bits per heavy atom. The first-order valence-electron chi connectivity index (χ1n) is 6.93. The molecule has 1 aromatic carbocycles. The van der Waals surface area contributed by atoms with Gasteiger partial charge in [0, 0.05) is 11.8 Å². The van der Waals surface area contributed by atoms with Gasteiger partial charge in [0.2, 0.25) is 5.95 Å². The van der Waals surface area contributed by atoms with Crippen molar-refractivity contribution in [3.05, 3.63) is 57.5 Å². The molecule has 116 valence electrons. The van der Waals surface area contributed by atoms with E-state index in [2.05, 4.69) is 15.1 Å². The molecule has 0 aliphatic carbocycles. The van der Waals surface area contributed by atoms with Gasteiger partial charge in [-0.25, -0.2) is 4.98 Å². The van der Waals surface area contributed by atoms with Crippen molar-refractivity contribution >= 4 is 23.6 Å². The summed E-state index contributed by atoms with van der Waals surface area (Å²) in [5.74, 6) is -0.128. The summed E-state index contributed by atoms with van der Waals surface area (Å²) in [4.78, 5) is 30.7. The van der Waals surface area contributed by atoms with E-state index < -0.39 is 0 Å². The molecule has 1 aliphatic rings. The number of benzene rings is 1. The number of phenols is 1. The fourth-order valence-electron chi connectivity index (χ4n) is 2.23. The zero-order valence-corrected chi connectivity index (χ0v) is 12.6. The summed E-state index contributed by atoms with van der Waals surface area (Å²) < 4.78 is 0. The fraction of sp³-hybridized carbons (Fsp3) is 0.125. The highest BCUT2D eigenvalue weighted by atomic mass is 16.3. The maximum Gasteiger partial charge on any atom is 0.283 e. The summed E-state index contributed by atoms with van der Waals surface area (Å²) in [6.07, 6.45) is 1.68. The van der Waals surface area contributed by atoms with Crippen LogP contribution in [0.2, 0.25) is 0 Å². The predicted octanol–water partition coefficient (Wildman–Crippen LogP) is 1.59. The average Bonchev–Trinajstić information content (AvgIpc) is 2.76. The van der Waals surface area contributed by atoms with E-state index in [1.165, 1.54) is 18.2 Å². The number of carbonyl (C=O) groups is 1. The van der Waals surface area contributed by atoms with Crippen LogP contribution in [-0.4, -0.2) is 26.7 Å². The first-order valence-corrected chi connectivity index (χ1v) is 6.93. The quantitative estimate of drug-likeness (QED) is 0.823. The van der Waals surface area contributed by atoms with Gasteiger partial charge in [-0.05, 0) is 37.6 Å². The third-order valence-corrected chi connectivity index (χ3v) is 3.32. The zero-order chi connectivity index (χ0) is 16.6. The van der Waals surface area contributed by atoms with Crippen LogP contribution in [0.5, 0.6) is 5.75 Å². The van der Waals surface area contributed by atoms with Crippen molar-refractivity contribution in [2.75, 3.05) is 5.01 Å². The van der Waals surface area contributed by atoms with Crippen molar-refractivity contribution in [3.63, 3.8) is 0 Å². The van der Waals surface area contributed by atoms with E-state index in [1.807, 2.05) is 0 Å². The van der Waals surface area contributed by atoms with Crippen molar-refractivity contribution in [1.29, 1.82) is 0 Å². The summed E-state index contributed by atoms with van der Waals surface area (Å²) in [7, 11) is 0. The molecule has 1 amide bonds. The minimum atomic E-state index is -0.371. The standard InChI is InChI=1S/C16H14N4O3/c1-9-7-14(22)18-16(17-9)20-15(23)13(10(2)19-20)8-11-3-5-12(21)6-4-11/h3-8,21H,1-2H3,(H,17,18,22)/b13-8+. The van der Waals surface area contributed by atoms with Gasteiger partial charge >= 0.3 is 0 Å². The number of aromatic nitrogens is 2. The second-order valence-corrected chi connectivity index (χ2v) is 5.16. The first-order chi connectivity index (χ1) is 10.9. The number of anilines is 1. The van der Waals surface area contributed by atoms with Crippen LogP contribution in [0, 0.1) is 6.92 Å². The molecule has 0 fully saturated rings. The number of amides is 1. The van der Waals surface area contributed by atoms with Crippen LogP contribution in [0.1, 0.15) is 18.2 Å². The van der Waals surface area contributed by atoms with Gasteiger partial charge in [0.25, 0.3) is 11.5 Å². The molecule has 1 aromatic heterocycles. The van der Waals surface area contributed by atoms with E-state index >= 15 is 0 Å². The van der Waals surface area contributed by atoms with Gasteiger partial charge in [-0.3, -0.25) is 14.6 Å². The van der Waals surface area contributed by atoms with Crippen LogP contribution in [0.4, 0.5) is 5.95 Å². The summed E-state index contributed by atoms with van der Waals surface area (Å²) in [6.45, 7) is 3.38. The third-order valence-electron chi connectivity index (χ3n) is 3.32. The van der Waals surface area contributed by atoms with E-state index in [9.17, 15) is 14.7 Å². The fourth-order valence-corrected chi connectivity index (χ4v) is 2.23. The summed E-state index contributed by atoms with van der Waals surface area (Å²) in [6, 6.07) is 7.80. The number of phenolic OH excluding ortho intramolecular Hbond substituents is 1. The molecule has 2 aromatic rings. The molecule has 1 aliphatic heterocycles. The van der Waals surface area contributed by atoms with Gasteiger partial charge in [0.05, 0.1) is 11.3 Å². The number of aryl methyl sites for hydroxylation is 1. The molecule has 0 radical (unpaired) electrons. The van der Waals surface area contributed by atoms with Crippen molar-refractivity contribution in [3.8, 4) is 5.75 Å². The first kappa shape index (κ1) is 14.7. The average molecular weight is 310 g/mol. The molecule has 7 nitrogen and oxygen atoms in total. The van der Waals surface area contributed by atoms with Crippen LogP contribution in [0.3, 0.4) is 0 Å². The normalized spacial score (nSPS) is 16.1. The number of hydrogen-bond acceptors (Lipinski definition) is 5. The molecule has 0 saturated heterocycles. The minimum absolute atomic E-state index is 0.0912. The number of rotatable bonds is 2. The summed E-state index contributed by atoms with van der Waals surface area (Å²) >= 11 is 0. The van der Waals surface area contributed by atoms with Crippen molar-refractivity contribution < 1.29 is 9.90 Å². The molecular weight excluding hydrogens is 296 g/mol. The van der Waals surface area contributed by atoms with Crippen LogP contribution >= 0.6 is 0 Å². The topological polar surface area (TPSA) is 98.7 Å². The van der Waals surface area contributed by atoms with Crippen LogP contribution in [0.25, 0.3) is 6.08 Å². The number of nitrogens with zero attached hydrogens (tertiary/aromatic N) is 3. The second kappa shape index (κ2) is 5.53. The van der Waals surface area contributed by atoms with Crippen molar-refractivity contribution in [2.45, 2.75) is 13.8 Å². The molecule has 0 bridgehead atoms. The molecule has 2 heterocycles. The Morgan fingerprint density at radius 2 is 1.87 bits per heavy atom. The largest absolute Gasteiger partial charge is 0.508 e. The van der Waals surface area contributed by atoms with Crippen LogP contribution in [-0.2, 0) is 4.79 Å². The van der Waals surface area contributed by atoms with Crippen LogP contribution < -0.4 is 10.6 Å². The van der Waals surface area contributed by atoms with Crippen molar-refractivity contribution in [1.82, 2.24) is 9.97 Å². The minimum Gasteiger partial charge on any atom is -0.508 e. The Kier molecular flexibility index (Phi) is 3.53. The number of carbonyl (C=O) groups excluding carboxylic acids is 1. The Bertz CT molecular complexity index is 894. The van der Waals surface area contributed by atoms with Crippen molar-refractivity contribution in [2.24, 2.45) is 5.10 Å². The van der Waals surface area contributed by atoms with E-state index in [1.54, 1.807) is 32.1 Å². The Balaban J connectivity index is 1.98. The van der Waals surface area contributed by atoms with Gasteiger partial charge in [-0.2, -0.15) is 10.1 Å². The number of hydrogen-bond donors (Lipinski definition) is 2. The number of aromatic amines is 1. The van der Waals surface area contributed by atoms with Gasteiger partial charge in [0.15, 0.2) is 0 Å². The molecule has 7 heteroatoms. The summed E-state index contributed by atoms with van der Waals surface area (Å²) in [5.41, 5.74) is 1.84. The second-order valence-electron chi connectivity index (χ2n) is 5.16. The smallest absolute Gasteiger partial charge is 0.283 e. The molecule has 0 unspecified atom stereocenters. The van der Waals surface area contributed by atoms with E-state index in [0.29, 0.717) is 17.0 Å². The van der Waals surface area contributed by atoms with Gasteiger partial charge < -0.3 is 5.11 Å². The Hall–Kier alpha value is -3.22. The SMILES string of the molecule is CC1=NN(c2nc(C)cc(=O)[nH]2)C(=O)/C1=C/c1ccc(O)cc1. The molecular formula is C16H14N4O3. The predicted molar refractivity (Wildman–Crippen MR) is 86.3 cm³/mol. The highest BCUT2D eigenvalue weighted by molar-refractivity contribution is 6.31. The van der Waals surface area contributed by atoms with Crippen LogP contribution in [0.15, 0.2) is 45.8 Å². The number of nitrogens with one attached hydrogen (secondary N) is 1.